The number of methoxy groups -OCH3 is 1. The number of rotatable bonds is 6. The van der Waals surface area contributed by atoms with Crippen LogP contribution in [0.15, 0.2) is 66.7 Å². The van der Waals surface area contributed by atoms with Gasteiger partial charge in [-0.15, -0.1) is 0 Å². The summed E-state index contributed by atoms with van der Waals surface area (Å²) in [4.78, 5) is 22.5. The van der Waals surface area contributed by atoms with Crippen LogP contribution in [0.4, 0.5) is 5.69 Å². The topological polar surface area (TPSA) is 78.7 Å². The van der Waals surface area contributed by atoms with E-state index in [0.29, 0.717) is 23.5 Å². The summed E-state index contributed by atoms with van der Waals surface area (Å²) in [7, 11) is 1.56. The average Bonchev–Trinajstić information content (AvgIpc) is 2.73. The van der Waals surface area contributed by atoms with E-state index < -0.39 is 4.92 Å². The molecule has 0 spiro atoms. The summed E-state index contributed by atoms with van der Waals surface area (Å²) in [5, 5.41) is 11.1. The fourth-order valence-corrected chi connectivity index (χ4v) is 2.91. The molecule has 0 aliphatic rings. The van der Waals surface area contributed by atoms with Crippen molar-refractivity contribution < 1.29 is 19.2 Å². The third kappa shape index (κ3) is 4.01. The second kappa shape index (κ2) is 8.35. The van der Waals surface area contributed by atoms with E-state index >= 15 is 0 Å². The molecule has 0 unspecified atom stereocenters. The molecule has 0 saturated heterocycles. The fraction of sp³-hybridized carbons (Fsp3) is 0.136. The summed E-state index contributed by atoms with van der Waals surface area (Å²) in [6.07, 6.45) is 0. The summed E-state index contributed by atoms with van der Waals surface area (Å²) in [5.41, 5.74) is 3.75. The number of non-ortho nitro benzene ring substituents is 1. The SMILES string of the molecule is CCOC(=O)c1ccc(-c2ccc(OC)c(-c3cccc([N+](=O)[O-])c3)c2)cc1. The Kier molecular flexibility index (Phi) is 5.69. The molecule has 6 nitrogen and oxygen atoms in total. The number of carbonyl (C=O) groups is 1. The van der Waals surface area contributed by atoms with Crippen LogP contribution in [0, 0.1) is 10.1 Å². The van der Waals surface area contributed by atoms with Crippen LogP contribution in [0.1, 0.15) is 17.3 Å². The lowest BCUT2D eigenvalue weighted by atomic mass is 9.97. The average molecular weight is 377 g/mol. The monoisotopic (exact) mass is 377 g/mol. The predicted molar refractivity (Wildman–Crippen MR) is 106 cm³/mol. The van der Waals surface area contributed by atoms with Gasteiger partial charge >= 0.3 is 5.97 Å². The van der Waals surface area contributed by atoms with Crippen LogP contribution in [0.5, 0.6) is 5.75 Å². The van der Waals surface area contributed by atoms with Gasteiger partial charge in [-0.25, -0.2) is 4.79 Å². The fourth-order valence-electron chi connectivity index (χ4n) is 2.91. The van der Waals surface area contributed by atoms with Crippen molar-refractivity contribution in [1.29, 1.82) is 0 Å². The van der Waals surface area contributed by atoms with Gasteiger partial charge in [0.2, 0.25) is 0 Å². The first kappa shape index (κ1) is 19.1. The van der Waals surface area contributed by atoms with Crippen LogP contribution in [-0.4, -0.2) is 24.6 Å². The number of esters is 1. The van der Waals surface area contributed by atoms with E-state index in [4.69, 9.17) is 9.47 Å². The molecule has 6 heteroatoms. The van der Waals surface area contributed by atoms with E-state index in [9.17, 15) is 14.9 Å². The summed E-state index contributed by atoms with van der Waals surface area (Å²) < 4.78 is 10.4. The standard InChI is InChI=1S/C22H19NO5/c1-3-28-22(24)16-9-7-15(8-10-16)17-11-12-21(27-2)20(14-17)18-5-4-6-19(13-18)23(25)26/h4-14H,3H2,1-2H3. The first-order chi connectivity index (χ1) is 13.5. The van der Waals surface area contributed by atoms with Crippen LogP contribution < -0.4 is 4.74 Å². The Hall–Kier alpha value is -3.67. The lowest BCUT2D eigenvalue weighted by molar-refractivity contribution is -0.384. The van der Waals surface area contributed by atoms with E-state index in [-0.39, 0.29) is 11.7 Å². The molecule has 0 amide bonds. The molecule has 0 fully saturated rings. The second-order valence-corrected chi connectivity index (χ2v) is 6.02. The molecule has 0 aliphatic carbocycles. The van der Waals surface area contributed by atoms with Gasteiger partial charge in [-0.05, 0) is 47.9 Å². The highest BCUT2D eigenvalue weighted by atomic mass is 16.6. The molecule has 0 aromatic heterocycles. The number of nitro groups is 1. The van der Waals surface area contributed by atoms with Crippen LogP contribution in [-0.2, 0) is 4.74 Å². The minimum atomic E-state index is -0.423. The van der Waals surface area contributed by atoms with Gasteiger partial charge in [0.15, 0.2) is 0 Å². The van der Waals surface area contributed by atoms with Gasteiger partial charge in [-0.2, -0.15) is 0 Å². The van der Waals surface area contributed by atoms with E-state index in [2.05, 4.69) is 0 Å². The Morgan fingerprint density at radius 2 is 1.68 bits per heavy atom. The van der Waals surface area contributed by atoms with Gasteiger partial charge in [-0.1, -0.05) is 30.3 Å². The summed E-state index contributed by atoms with van der Waals surface area (Å²) in [5.74, 6) is 0.258. The summed E-state index contributed by atoms with van der Waals surface area (Å²) in [6.45, 7) is 2.09. The Labute approximate surface area is 162 Å². The number of hydrogen-bond donors (Lipinski definition) is 0. The molecular formula is C22H19NO5. The zero-order valence-corrected chi connectivity index (χ0v) is 15.5. The highest BCUT2D eigenvalue weighted by Gasteiger charge is 2.13. The van der Waals surface area contributed by atoms with Gasteiger partial charge in [0.1, 0.15) is 5.75 Å². The van der Waals surface area contributed by atoms with Gasteiger partial charge in [0.05, 0.1) is 24.2 Å². The van der Waals surface area contributed by atoms with Crippen molar-refractivity contribution in [1.82, 2.24) is 0 Å². The van der Waals surface area contributed by atoms with Crippen molar-refractivity contribution >= 4 is 11.7 Å². The number of benzene rings is 3. The smallest absolute Gasteiger partial charge is 0.338 e. The van der Waals surface area contributed by atoms with Crippen molar-refractivity contribution in [2.45, 2.75) is 6.92 Å². The Morgan fingerprint density at radius 3 is 2.32 bits per heavy atom. The van der Waals surface area contributed by atoms with E-state index in [1.54, 1.807) is 38.3 Å². The third-order valence-corrected chi connectivity index (χ3v) is 4.30. The van der Waals surface area contributed by atoms with Gasteiger partial charge < -0.3 is 9.47 Å². The molecule has 28 heavy (non-hydrogen) atoms. The largest absolute Gasteiger partial charge is 0.496 e. The quantitative estimate of drug-likeness (QED) is 0.339. The van der Waals surface area contributed by atoms with E-state index in [1.165, 1.54) is 12.1 Å². The van der Waals surface area contributed by atoms with Crippen molar-refractivity contribution in [2.24, 2.45) is 0 Å². The second-order valence-electron chi connectivity index (χ2n) is 6.02. The number of nitro benzene ring substituents is 1. The summed E-state index contributed by atoms with van der Waals surface area (Å²) >= 11 is 0. The predicted octanol–water partition coefficient (Wildman–Crippen LogP) is 5.11. The van der Waals surface area contributed by atoms with E-state index in [1.807, 2.05) is 30.3 Å². The number of hydrogen-bond acceptors (Lipinski definition) is 5. The number of carbonyl (C=O) groups excluding carboxylic acids is 1. The zero-order valence-electron chi connectivity index (χ0n) is 15.5. The molecule has 3 rings (SSSR count). The lowest BCUT2D eigenvalue weighted by Gasteiger charge is -2.12. The maximum absolute atomic E-state index is 11.8. The van der Waals surface area contributed by atoms with Gasteiger partial charge in [0, 0.05) is 17.7 Å². The van der Waals surface area contributed by atoms with E-state index in [0.717, 1.165) is 16.7 Å². The maximum atomic E-state index is 11.8. The van der Waals surface area contributed by atoms with Gasteiger partial charge in [0.25, 0.3) is 5.69 Å². The minimum Gasteiger partial charge on any atom is -0.496 e. The zero-order chi connectivity index (χ0) is 20.1. The molecule has 0 bridgehead atoms. The van der Waals surface area contributed by atoms with Crippen LogP contribution in [0.2, 0.25) is 0 Å². The molecule has 0 atom stereocenters. The first-order valence-corrected chi connectivity index (χ1v) is 8.74. The molecule has 0 aliphatic heterocycles. The Bertz CT molecular complexity index is 1010. The maximum Gasteiger partial charge on any atom is 0.338 e. The number of ether oxygens (including phenoxy) is 2. The normalized spacial score (nSPS) is 10.4. The molecular weight excluding hydrogens is 358 g/mol. The highest BCUT2D eigenvalue weighted by Crippen LogP contribution is 2.35. The van der Waals surface area contributed by atoms with Crippen LogP contribution in [0.3, 0.4) is 0 Å². The molecule has 0 saturated carbocycles. The molecule has 142 valence electrons. The summed E-state index contributed by atoms with van der Waals surface area (Å²) in [6, 6.07) is 19.2. The molecule has 0 radical (unpaired) electrons. The van der Waals surface area contributed by atoms with Crippen LogP contribution >= 0.6 is 0 Å². The van der Waals surface area contributed by atoms with Crippen molar-refractivity contribution in [3.8, 4) is 28.0 Å². The molecule has 3 aromatic rings. The van der Waals surface area contributed by atoms with Crippen molar-refractivity contribution in [3.05, 3.63) is 82.4 Å². The molecule has 0 heterocycles. The van der Waals surface area contributed by atoms with Crippen molar-refractivity contribution in [3.63, 3.8) is 0 Å². The minimum absolute atomic E-state index is 0.0174. The third-order valence-electron chi connectivity index (χ3n) is 4.30. The Balaban J connectivity index is 2.01. The first-order valence-electron chi connectivity index (χ1n) is 8.74. The van der Waals surface area contributed by atoms with Crippen LogP contribution in [0.25, 0.3) is 22.3 Å². The lowest BCUT2D eigenvalue weighted by Crippen LogP contribution is -2.04. The van der Waals surface area contributed by atoms with Crippen molar-refractivity contribution in [2.75, 3.05) is 13.7 Å². The number of nitrogens with zero attached hydrogens (tertiary/aromatic N) is 1. The highest BCUT2D eigenvalue weighted by molar-refractivity contribution is 5.90. The van der Waals surface area contributed by atoms with Gasteiger partial charge in [-0.3, -0.25) is 10.1 Å². The molecule has 3 aromatic carbocycles. The molecule has 0 N–H and O–H groups in total. The Morgan fingerprint density at radius 1 is 0.964 bits per heavy atom.